The van der Waals surface area contributed by atoms with E-state index >= 15 is 0 Å². The van der Waals surface area contributed by atoms with E-state index in [0.717, 1.165) is 77.3 Å². The highest BCUT2D eigenvalue weighted by atomic mass is 15.2. The first-order chi connectivity index (χ1) is 30.7. The van der Waals surface area contributed by atoms with Gasteiger partial charge in [0.15, 0.2) is 17.5 Å². The van der Waals surface area contributed by atoms with Crippen molar-refractivity contribution < 1.29 is 0 Å². The van der Waals surface area contributed by atoms with Crippen LogP contribution >= 0.6 is 0 Å². The Morgan fingerprint density at radius 3 is 1.29 bits per heavy atom. The standard InChI is InChI=1S/C55H35N7/c1-5-17-36(18-6-1)39-31-40(37-19-7-2-8-20-37)33-41(32-39)53-58-54(42-34-56-52(57-35-42)38-21-9-3-10-22-38)60-55(59-53)62-49-28-16-14-26-45(49)47-30-29-46-44-25-13-15-27-48(44)61(50(46)51(47)62)43-23-11-4-12-24-43/h1-35H. The topological polar surface area (TPSA) is 74.3 Å². The highest BCUT2D eigenvalue weighted by molar-refractivity contribution is 6.23. The second-order valence-corrected chi connectivity index (χ2v) is 15.4. The van der Waals surface area contributed by atoms with Crippen LogP contribution in [-0.4, -0.2) is 34.1 Å². The summed E-state index contributed by atoms with van der Waals surface area (Å²) in [4.78, 5) is 25.7. The fourth-order valence-corrected chi connectivity index (χ4v) is 8.81. The molecule has 0 aliphatic rings. The summed E-state index contributed by atoms with van der Waals surface area (Å²) in [5.41, 5.74) is 12.1. The maximum atomic E-state index is 5.46. The molecule has 62 heavy (non-hydrogen) atoms. The van der Waals surface area contributed by atoms with Crippen molar-refractivity contribution in [3.8, 4) is 68.1 Å². The number of aromatic nitrogens is 7. The highest BCUT2D eigenvalue weighted by Gasteiger charge is 2.24. The summed E-state index contributed by atoms with van der Waals surface area (Å²) in [5, 5.41) is 4.52. The molecule has 4 heterocycles. The number of para-hydroxylation sites is 3. The van der Waals surface area contributed by atoms with Crippen molar-refractivity contribution >= 4 is 43.6 Å². The van der Waals surface area contributed by atoms with Gasteiger partial charge in [-0.15, -0.1) is 0 Å². The first-order valence-electron chi connectivity index (χ1n) is 20.7. The predicted molar refractivity (Wildman–Crippen MR) is 251 cm³/mol. The van der Waals surface area contributed by atoms with E-state index in [2.05, 4.69) is 167 Å². The Hall–Kier alpha value is -8.55. The zero-order valence-corrected chi connectivity index (χ0v) is 33.3. The Morgan fingerprint density at radius 1 is 0.290 bits per heavy atom. The molecule has 7 nitrogen and oxygen atoms in total. The lowest BCUT2D eigenvalue weighted by Gasteiger charge is -2.14. The molecule has 7 heteroatoms. The molecule has 0 aliphatic carbocycles. The number of benzene rings is 8. The SMILES string of the molecule is c1ccc(-c2cc(-c3ccccc3)cc(-c3nc(-c4cnc(-c5ccccc5)nc4)nc(-n4c5ccccc5c5ccc6c7ccccc7n(-c7ccccc7)c6c54)n3)c2)cc1. The quantitative estimate of drug-likeness (QED) is 0.161. The minimum Gasteiger partial charge on any atom is -0.307 e. The van der Waals surface area contributed by atoms with Gasteiger partial charge in [0.25, 0.3) is 0 Å². The smallest absolute Gasteiger partial charge is 0.238 e. The van der Waals surface area contributed by atoms with Crippen molar-refractivity contribution in [2.75, 3.05) is 0 Å². The zero-order chi connectivity index (χ0) is 41.0. The molecule has 290 valence electrons. The Kier molecular flexibility index (Phi) is 8.35. The minimum absolute atomic E-state index is 0.470. The van der Waals surface area contributed by atoms with E-state index in [1.807, 2.05) is 54.9 Å². The molecule has 0 fully saturated rings. The summed E-state index contributed by atoms with van der Waals surface area (Å²) in [6.07, 6.45) is 3.62. The highest BCUT2D eigenvalue weighted by Crippen LogP contribution is 2.42. The largest absolute Gasteiger partial charge is 0.307 e. The minimum atomic E-state index is 0.470. The lowest BCUT2D eigenvalue weighted by atomic mass is 9.96. The summed E-state index contributed by atoms with van der Waals surface area (Å²) < 4.78 is 4.59. The fraction of sp³-hybridized carbons (Fsp3) is 0. The molecule has 0 N–H and O–H groups in total. The molecule has 0 aliphatic heterocycles. The lowest BCUT2D eigenvalue weighted by Crippen LogP contribution is -2.07. The van der Waals surface area contributed by atoms with E-state index in [9.17, 15) is 0 Å². The molecule has 0 radical (unpaired) electrons. The summed E-state index contributed by atoms with van der Waals surface area (Å²) in [5.74, 6) is 2.13. The Bertz CT molecular complexity index is 3540. The van der Waals surface area contributed by atoms with Gasteiger partial charge in [-0.2, -0.15) is 9.97 Å². The number of hydrogen-bond donors (Lipinski definition) is 0. The first kappa shape index (κ1) is 35.4. The maximum Gasteiger partial charge on any atom is 0.238 e. The van der Waals surface area contributed by atoms with Crippen LogP contribution in [0.2, 0.25) is 0 Å². The molecule has 4 aromatic heterocycles. The van der Waals surface area contributed by atoms with Gasteiger partial charge in [-0.05, 0) is 64.7 Å². The average Bonchev–Trinajstić information content (AvgIpc) is 3.88. The molecule has 0 bridgehead atoms. The van der Waals surface area contributed by atoms with Crippen LogP contribution in [0.5, 0.6) is 0 Å². The normalized spacial score (nSPS) is 11.5. The summed E-state index contributed by atoms with van der Waals surface area (Å²) >= 11 is 0. The van der Waals surface area contributed by atoms with E-state index in [1.54, 1.807) is 0 Å². The van der Waals surface area contributed by atoms with E-state index in [4.69, 9.17) is 24.9 Å². The van der Waals surface area contributed by atoms with Gasteiger partial charge in [0.2, 0.25) is 5.95 Å². The molecule has 0 atom stereocenters. The van der Waals surface area contributed by atoms with Crippen LogP contribution in [0.15, 0.2) is 213 Å². The summed E-state index contributed by atoms with van der Waals surface area (Å²) in [7, 11) is 0. The van der Waals surface area contributed by atoms with E-state index in [0.29, 0.717) is 29.0 Å². The molecular formula is C55H35N7. The van der Waals surface area contributed by atoms with Crippen LogP contribution in [-0.2, 0) is 0 Å². The second kappa shape index (κ2) is 14.6. The van der Waals surface area contributed by atoms with Gasteiger partial charge >= 0.3 is 0 Å². The van der Waals surface area contributed by atoms with Gasteiger partial charge in [0.05, 0.1) is 27.6 Å². The molecule has 0 amide bonds. The van der Waals surface area contributed by atoms with Crippen LogP contribution < -0.4 is 0 Å². The second-order valence-electron chi connectivity index (χ2n) is 15.4. The number of nitrogens with zero attached hydrogens (tertiary/aromatic N) is 7. The van der Waals surface area contributed by atoms with Crippen molar-refractivity contribution in [3.05, 3.63) is 213 Å². The third-order valence-electron chi connectivity index (χ3n) is 11.7. The number of rotatable bonds is 7. The third-order valence-corrected chi connectivity index (χ3v) is 11.7. The maximum absolute atomic E-state index is 5.46. The van der Waals surface area contributed by atoms with Crippen molar-refractivity contribution in [3.63, 3.8) is 0 Å². The molecule has 0 spiro atoms. The third kappa shape index (κ3) is 5.94. The number of hydrogen-bond acceptors (Lipinski definition) is 5. The Morgan fingerprint density at radius 2 is 0.726 bits per heavy atom. The lowest BCUT2D eigenvalue weighted by molar-refractivity contribution is 0.951. The molecule has 8 aromatic carbocycles. The van der Waals surface area contributed by atoms with Crippen LogP contribution in [0.3, 0.4) is 0 Å². The van der Waals surface area contributed by atoms with Gasteiger partial charge in [-0.1, -0.05) is 158 Å². The fourth-order valence-electron chi connectivity index (χ4n) is 8.81. The molecule has 0 unspecified atom stereocenters. The van der Waals surface area contributed by atoms with Crippen LogP contribution in [0, 0.1) is 0 Å². The van der Waals surface area contributed by atoms with Gasteiger partial charge in [0.1, 0.15) is 0 Å². The van der Waals surface area contributed by atoms with Crippen molar-refractivity contribution in [2.24, 2.45) is 0 Å². The van der Waals surface area contributed by atoms with E-state index in [-0.39, 0.29) is 0 Å². The monoisotopic (exact) mass is 793 g/mol. The molecule has 12 aromatic rings. The summed E-state index contributed by atoms with van der Waals surface area (Å²) in [6, 6.07) is 69.7. The van der Waals surface area contributed by atoms with E-state index < -0.39 is 0 Å². The number of fused-ring (bicyclic) bond motifs is 7. The zero-order valence-electron chi connectivity index (χ0n) is 33.3. The van der Waals surface area contributed by atoms with Crippen molar-refractivity contribution in [2.45, 2.75) is 0 Å². The molecular weight excluding hydrogens is 759 g/mol. The van der Waals surface area contributed by atoms with Crippen molar-refractivity contribution in [1.82, 2.24) is 34.1 Å². The predicted octanol–water partition coefficient (Wildman–Crippen LogP) is 13.2. The molecule has 12 rings (SSSR count). The molecule has 0 saturated carbocycles. The first-order valence-corrected chi connectivity index (χ1v) is 20.7. The van der Waals surface area contributed by atoms with Crippen LogP contribution in [0.25, 0.3) is 112 Å². The Labute approximate surface area is 356 Å². The van der Waals surface area contributed by atoms with Crippen LogP contribution in [0.1, 0.15) is 0 Å². The van der Waals surface area contributed by atoms with E-state index in [1.165, 1.54) is 5.39 Å². The molecule has 0 saturated heterocycles. The van der Waals surface area contributed by atoms with Gasteiger partial charge in [-0.3, -0.25) is 4.57 Å². The van der Waals surface area contributed by atoms with Gasteiger partial charge in [-0.25, -0.2) is 15.0 Å². The Balaban J connectivity index is 1.18. The van der Waals surface area contributed by atoms with Crippen LogP contribution in [0.4, 0.5) is 0 Å². The summed E-state index contributed by atoms with van der Waals surface area (Å²) in [6.45, 7) is 0. The van der Waals surface area contributed by atoms with Gasteiger partial charge < -0.3 is 4.57 Å². The van der Waals surface area contributed by atoms with Gasteiger partial charge in [0, 0.05) is 50.8 Å². The van der Waals surface area contributed by atoms with Crippen molar-refractivity contribution in [1.29, 1.82) is 0 Å². The average molecular weight is 794 g/mol.